The van der Waals surface area contributed by atoms with Gasteiger partial charge in [0.1, 0.15) is 6.61 Å². The molecule has 1 amide bonds. The van der Waals surface area contributed by atoms with Crippen LogP contribution in [-0.2, 0) is 4.79 Å². The van der Waals surface area contributed by atoms with E-state index in [1.165, 1.54) is 0 Å². The van der Waals surface area contributed by atoms with Gasteiger partial charge in [-0.3, -0.25) is 4.79 Å². The minimum absolute atomic E-state index is 0.164. The summed E-state index contributed by atoms with van der Waals surface area (Å²) in [5.74, 6) is 0.869. The number of para-hydroxylation sites is 2. The molecule has 24 heavy (non-hydrogen) atoms. The first kappa shape index (κ1) is 15.8. The van der Waals surface area contributed by atoms with Crippen molar-refractivity contribution in [1.29, 1.82) is 0 Å². The van der Waals surface area contributed by atoms with Crippen molar-refractivity contribution in [3.63, 3.8) is 0 Å². The first-order valence-electron chi connectivity index (χ1n) is 7.67. The van der Waals surface area contributed by atoms with Crippen LogP contribution in [0.5, 0.6) is 11.5 Å². The maximum Gasteiger partial charge on any atom is 0.284 e. The van der Waals surface area contributed by atoms with Crippen molar-refractivity contribution in [3.8, 4) is 11.5 Å². The third-order valence-electron chi connectivity index (χ3n) is 3.44. The fourth-order valence-corrected chi connectivity index (χ4v) is 2.27. The van der Waals surface area contributed by atoms with E-state index in [2.05, 4.69) is 10.5 Å². The molecule has 0 bridgehead atoms. The van der Waals surface area contributed by atoms with Gasteiger partial charge in [0, 0.05) is 0 Å². The lowest BCUT2D eigenvalue weighted by Crippen LogP contribution is -2.42. The summed E-state index contributed by atoms with van der Waals surface area (Å²) >= 11 is 0. The van der Waals surface area contributed by atoms with Crippen molar-refractivity contribution in [2.45, 2.75) is 13.0 Å². The summed E-state index contributed by atoms with van der Waals surface area (Å²) in [5, 5.41) is 3.97. The molecule has 1 heterocycles. The van der Waals surface area contributed by atoms with Gasteiger partial charge in [0.25, 0.3) is 5.91 Å². The zero-order chi connectivity index (χ0) is 16.8. The van der Waals surface area contributed by atoms with Crippen molar-refractivity contribution in [2.75, 3.05) is 6.61 Å². The van der Waals surface area contributed by atoms with Gasteiger partial charge in [-0.25, -0.2) is 5.43 Å². The molecule has 1 N–H and O–H groups in total. The number of hydrogen-bond donors (Lipinski definition) is 1. The van der Waals surface area contributed by atoms with E-state index < -0.39 is 6.10 Å². The van der Waals surface area contributed by atoms with Crippen molar-refractivity contribution in [2.24, 2.45) is 5.10 Å². The quantitative estimate of drug-likeness (QED) is 0.695. The number of nitrogens with one attached hydrogen (secondary N) is 1. The average Bonchev–Trinajstić information content (AvgIpc) is 2.62. The molecule has 1 atom stereocenters. The summed E-state index contributed by atoms with van der Waals surface area (Å²) in [7, 11) is 0. The van der Waals surface area contributed by atoms with Crippen molar-refractivity contribution >= 4 is 18.2 Å². The number of ether oxygens (including phenoxy) is 2. The number of carbonyl (C=O) groups is 1. The lowest BCUT2D eigenvalue weighted by atomic mass is 10.1. The molecule has 5 heteroatoms. The molecule has 122 valence electrons. The molecule has 3 rings (SSSR count). The summed E-state index contributed by atoms with van der Waals surface area (Å²) in [5.41, 5.74) is 4.49. The third kappa shape index (κ3) is 4.01. The fraction of sp³-hybridized carbons (Fsp3) is 0.158. The van der Waals surface area contributed by atoms with Gasteiger partial charge in [-0.05, 0) is 30.2 Å². The van der Waals surface area contributed by atoms with Crippen LogP contribution in [0, 0.1) is 0 Å². The third-order valence-corrected chi connectivity index (χ3v) is 3.44. The number of hydrogen-bond acceptors (Lipinski definition) is 4. The molecule has 0 aromatic heterocycles. The molecule has 0 fully saturated rings. The monoisotopic (exact) mass is 322 g/mol. The molecule has 1 aliphatic rings. The zero-order valence-electron chi connectivity index (χ0n) is 13.3. The molecular weight excluding hydrogens is 304 g/mol. The molecule has 5 nitrogen and oxygen atoms in total. The zero-order valence-corrected chi connectivity index (χ0v) is 13.3. The largest absolute Gasteiger partial charge is 0.485 e. The highest BCUT2D eigenvalue weighted by Crippen LogP contribution is 2.30. The number of fused-ring (bicyclic) bond motifs is 1. The van der Waals surface area contributed by atoms with Crippen molar-refractivity contribution in [3.05, 3.63) is 65.7 Å². The van der Waals surface area contributed by atoms with Gasteiger partial charge in [-0.15, -0.1) is 0 Å². The molecule has 1 unspecified atom stereocenters. The molecule has 1 aliphatic heterocycles. The van der Waals surface area contributed by atoms with Gasteiger partial charge in [0.05, 0.1) is 6.21 Å². The van der Waals surface area contributed by atoms with Gasteiger partial charge in [-0.1, -0.05) is 48.5 Å². The number of allylic oxidation sites excluding steroid dienone is 1. The molecule has 0 radical (unpaired) electrons. The van der Waals surface area contributed by atoms with Gasteiger partial charge < -0.3 is 9.47 Å². The summed E-state index contributed by atoms with van der Waals surface area (Å²) in [6, 6.07) is 17.2. The predicted octanol–water partition coefficient (Wildman–Crippen LogP) is 3.03. The van der Waals surface area contributed by atoms with Crippen molar-refractivity contribution < 1.29 is 14.3 Å². The first-order chi connectivity index (χ1) is 11.7. The highest BCUT2D eigenvalue weighted by Gasteiger charge is 2.26. The Morgan fingerprint density at radius 3 is 2.62 bits per heavy atom. The van der Waals surface area contributed by atoms with E-state index >= 15 is 0 Å². The Balaban J connectivity index is 1.55. The smallest absolute Gasteiger partial charge is 0.284 e. The normalized spacial score (nSPS) is 16.9. The van der Waals surface area contributed by atoms with Gasteiger partial charge in [-0.2, -0.15) is 5.10 Å². The second kappa shape index (κ2) is 7.46. The standard InChI is InChI=1S/C19H18N2O3/c1-14(11-15-7-3-2-4-8-15)12-20-21-19(22)18-13-23-16-9-5-6-10-17(16)24-18/h2-12,18H,13H2,1H3,(H,21,22). The van der Waals surface area contributed by atoms with Crippen LogP contribution in [0.1, 0.15) is 12.5 Å². The molecule has 0 saturated heterocycles. The Morgan fingerprint density at radius 1 is 1.12 bits per heavy atom. The molecule has 0 spiro atoms. The Hall–Kier alpha value is -3.08. The van der Waals surface area contributed by atoms with Crippen LogP contribution >= 0.6 is 0 Å². The van der Waals surface area contributed by atoms with E-state index in [1.54, 1.807) is 18.3 Å². The molecule has 0 saturated carbocycles. The topological polar surface area (TPSA) is 59.9 Å². The summed E-state index contributed by atoms with van der Waals surface area (Å²) < 4.78 is 11.1. The Kier molecular flexibility index (Phi) is 4.91. The second-order valence-corrected chi connectivity index (χ2v) is 5.40. The molecule has 0 aliphatic carbocycles. The highest BCUT2D eigenvalue weighted by molar-refractivity contribution is 5.87. The lowest BCUT2D eigenvalue weighted by molar-refractivity contribution is -0.130. The maximum absolute atomic E-state index is 12.1. The van der Waals surface area contributed by atoms with E-state index in [4.69, 9.17) is 9.47 Å². The average molecular weight is 322 g/mol. The molecule has 2 aromatic rings. The van der Waals surface area contributed by atoms with Crippen LogP contribution in [0.4, 0.5) is 0 Å². The van der Waals surface area contributed by atoms with E-state index in [1.807, 2.05) is 55.5 Å². The fourth-order valence-electron chi connectivity index (χ4n) is 2.27. The maximum atomic E-state index is 12.1. The van der Waals surface area contributed by atoms with Crippen LogP contribution in [0.3, 0.4) is 0 Å². The number of nitrogens with zero attached hydrogens (tertiary/aromatic N) is 1. The Labute approximate surface area is 140 Å². The number of amides is 1. The molecular formula is C19H18N2O3. The van der Waals surface area contributed by atoms with Crippen molar-refractivity contribution in [1.82, 2.24) is 5.43 Å². The lowest BCUT2D eigenvalue weighted by Gasteiger charge is -2.24. The predicted molar refractivity (Wildman–Crippen MR) is 93.1 cm³/mol. The highest BCUT2D eigenvalue weighted by atomic mass is 16.6. The van der Waals surface area contributed by atoms with Gasteiger partial charge >= 0.3 is 0 Å². The summed E-state index contributed by atoms with van der Waals surface area (Å²) in [6.07, 6.45) is 2.87. The Morgan fingerprint density at radius 2 is 1.83 bits per heavy atom. The summed E-state index contributed by atoms with van der Waals surface area (Å²) in [4.78, 5) is 12.1. The van der Waals surface area contributed by atoms with E-state index in [0.717, 1.165) is 11.1 Å². The number of hydrazone groups is 1. The second-order valence-electron chi connectivity index (χ2n) is 5.40. The SMILES string of the molecule is CC(C=NNC(=O)C1COc2ccccc2O1)=Cc1ccccc1. The number of carbonyl (C=O) groups excluding carboxylic acids is 1. The summed E-state index contributed by atoms with van der Waals surface area (Å²) in [6.45, 7) is 2.08. The van der Waals surface area contributed by atoms with Crippen LogP contribution in [0.25, 0.3) is 6.08 Å². The van der Waals surface area contributed by atoms with E-state index in [0.29, 0.717) is 11.5 Å². The number of rotatable bonds is 4. The minimum atomic E-state index is -0.713. The number of benzene rings is 2. The first-order valence-corrected chi connectivity index (χ1v) is 7.67. The van der Waals surface area contributed by atoms with E-state index in [-0.39, 0.29) is 12.5 Å². The minimum Gasteiger partial charge on any atom is -0.485 e. The van der Waals surface area contributed by atoms with Crippen LogP contribution in [0.2, 0.25) is 0 Å². The Bertz CT molecular complexity index is 769. The van der Waals surface area contributed by atoms with Crippen LogP contribution in [0.15, 0.2) is 65.3 Å². The van der Waals surface area contributed by atoms with Gasteiger partial charge in [0.2, 0.25) is 6.10 Å². The van der Waals surface area contributed by atoms with Crippen LogP contribution in [-0.4, -0.2) is 24.8 Å². The van der Waals surface area contributed by atoms with E-state index in [9.17, 15) is 4.79 Å². The van der Waals surface area contributed by atoms with Crippen LogP contribution < -0.4 is 14.9 Å². The molecule has 2 aromatic carbocycles. The van der Waals surface area contributed by atoms with Gasteiger partial charge in [0.15, 0.2) is 11.5 Å².